The third-order valence-corrected chi connectivity index (χ3v) is 3.70. The number of aliphatic hydroxyl groups is 1. The molecule has 1 aliphatic rings. The molecule has 1 aliphatic heterocycles. The van der Waals surface area contributed by atoms with Gasteiger partial charge in [-0.2, -0.15) is 0 Å². The zero-order chi connectivity index (χ0) is 14.9. The van der Waals surface area contributed by atoms with E-state index in [0.29, 0.717) is 18.2 Å². The van der Waals surface area contributed by atoms with E-state index in [4.69, 9.17) is 14.4 Å². The van der Waals surface area contributed by atoms with Crippen molar-refractivity contribution >= 4 is 5.91 Å². The zero-order valence-electron chi connectivity index (χ0n) is 12.3. The van der Waals surface area contributed by atoms with Crippen LogP contribution in [0.4, 0.5) is 0 Å². The van der Waals surface area contributed by atoms with Crippen molar-refractivity contribution in [3.63, 3.8) is 0 Å². The highest BCUT2D eigenvalue weighted by atomic mass is 16.5. The Labute approximate surface area is 124 Å². The van der Waals surface area contributed by atoms with Crippen LogP contribution in [0.3, 0.4) is 0 Å². The van der Waals surface area contributed by atoms with E-state index in [1.165, 1.54) is 0 Å². The van der Waals surface area contributed by atoms with Crippen LogP contribution in [0, 0.1) is 5.92 Å². The number of carbonyl (C=O) groups excluding carboxylic acids is 1. The van der Waals surface area contributed by atoms with Gasteiger partial charge in [-0.15, -0.1) is 0 Å². The predicted octanol–water partition coefficient (Wildman–Crippen LogP) is 1.54. The Bertz CT molecular complexity index is 427. The second-order valence-electron chi connectivity index (χ2n) is 5.51. The fourth-order valence-electron chi connectivity index (χ4n) is 2.37. The molecule has 1 fully saturated rings. The van der Waals surface area contributed by atoms with Gasteiger partial charge in [0.1, 0.15) is 5.76 Å². The van der Waals surface area contributed by atoms with Crippen molar-refractivity contribution in [3.8, 4) is 0 Å². The first kappa shape index (κ1) is 16.0. The number of ether oxygens (including phenoxy) is 1. The van der Waals surface area contributed by atoms with Crippen molar-refractivity contribution in [2.75, 3.05) is 26.4 Å². The standard InChI is InChI=1S/C15H24N2O4/c18-7-4-2-1-3-5-13-9-14(17-21-13)15(19)16-10-12-6-8-20-11-12/h9,12,18H,1-8,10-11H2,(H,16,19). The van der Waals surface area contributed by atoms with E-state index in [9.17, 15) is 4.79 Å². The number of unbranched alkanes of at least 4 members (excludes halogenated alkanes) is 3. The smallest absolute Gasteiger partial charge is 0.273 e. The molecule has 1 aromatic rings. The van der Waals surface area contributed by atoms with E-state index in [0.717, 1.165) is 57.5 Å². The number of amides is 1. The Morgan fingerprint density at radius 1 is 1.38 bits per heavy atom. The van der Waals surface area contributed by atoms with Crippen molar-refractivity contribution in [2.45, 2.75) is 38.5 Å². The first-order valence-electron chi connectivity index (χ1n) is 7.72. The van der Waals surface area contributed by atoms with E-state index in [1.807, 2.05) is 0 Å². The number of carbonyl (C=O) groups is 1. The normalized spacial score (nSPS) is 18.0. The molecule has 1 aromatic heterocycles. The van der Waals surface area contributed by atoms with Crippen LogP contribution in [0.25, 0.3) is 0 Å². The van der Waals surface area contributed by atoms with E-state index >= 15 is 0 Å². The van der Waals surface area contributed by atoms with Gasteiger partial charge in [0, 0.05) is 38.2 Å². The van der Waals surface area contributed by atoms with Gasteiger partial charge in [0.05, 0.1) is 6.61 Å². The van der Waals surface area contributed by atoms with Gasteiger partial charge in [0.25, 0.3) is 5.91 Å². The molecular weight excluding hydrogens is 272 g/mol. The molecule has 0 spiro atoms. The second kappa shape index (κ2) is 8.79. The number of rotatable bonds is 9. The Morgan fingerprint density at radius 2 is 2.24 bits per heavy atom. The van der Waals surface area contributed by atoms with Crippen LogP contribution in [0.1, 0.15) is 48.4 Å². The van der Waals surface area contributed by atoms with E-state index in [-0.39, 0.29) is 12.5 Å². The summed E-state index contributed by atoms with van der Waals surface area (Å²) in [7, 11) is 0. The highest BCUT2D eigenvalue weighted by Gasteiger charge is 2.18. The van der Waals surface area contributed by atoms with E-state index < -0.39 is 0 Å². The number of nitrogens with zero attached hydrogens (tertiary/aromatic N) is 1. The monoisotopic (exact) mass is 296 g/mol. The molecule has 6 heteroatoms. The molecule has 1 amide bonds. The Kier molecular flexibility index (Phi) is 6.69. The van der Waals surface area contributed by atoms with Gasteiger partial charge < -0.3 is 19.7 Å². The third kappa shape index (κ3) is 5.47. The quantitative estimate of drug-likeness (QED) is 0.675. The van der Waals surface area contributed by atoms with Crippen molar-refractivity contribution < 1.29 is 19.2 Å². The van der Waals surface area contributed by atoms with Gasteiger partial charge >= 0.3 is 0 Å². The molecule has 2 rings (SSSR count). The molecule has 2 N–H and O–H groups in total. The number of aliphatic hydroxyl groups excluding tert-OH is 1. The summed E-state index contributed by atoms with van der Waals surface area (Å²) in [6, 6.07) is 1.71. The molecule has 0 aromatic carbocycles. The van der Waals surface area contributed by atoms with Crippen LogP contribution in [0.2, 0.25) is 0 Å². The van der Waals surface area contributed by atoms with E-state index in [1.54, 1.807) is 6.07 Å². The fraction of sp³-hybridized carbons (Fsp3) is 0.733. The number of hydrogen-bond acceptors (Lipinski definition) is 5. The van der Waals surface area contributed by atoms with Crippen molar-refractivity contribution in [2.24, 2.45) is 5.92 Å². The van der Waals surface area contributed by atoms with Crippen LogP contribution >= 0.6 is 0 Å². The zero-order valence-corrected chi connectivity index (χ0v) is 12.3. The lowest BCUT2D eigenvalue weighted by Gasteiger charge is -2.07. The first-order chi connectivity index (χ1) is 10.3. The van der Waals surface area contributed by atoms with Gasteiger partial charge in [-0.1, -0.05) is 18.0 Å². The maximum absolute atomic E-state index is 11.9. The molecule has 1 saturated heterocycles. The lowest BCUT2D eigenvalue weighted by atomic mass is 10.1. The first-order valence-corrected chi connectivity index (χ1v) is 7.72. The predicted molar refractivity (Wildman–Crippen MR) is 77.0 cm³/mol. The van der Waals surface area contributed by atoms with Gasteiger partial charge in [-0.05, 0) is 19.3 Å². The Morgan fingerprint density at radius 3 is 3.00 bits per heavy atom. The molecule has 21 heavy (non-hydrogen) atoms. The minimum absolute atomic E-state index is 0.183. The summed E-state index contributed by atoms with van der Waals surface area (Å²) in [6.45, 7) is 2.38. The molecule has 0 saturated carbocycles. The van der Waals surface area contributed by atoms with Gasteiger partial charge in [-0.25, -0.2) is 0 Å². The van der Waals surface area contributed by atoms with Crippen molar-refractivity contribution in [3.05, 3.63) is 17.5 Å². The van der Waals surface area contributed by atoms with Crippen LogP contribution in [-0.4, -0.2) is 42.5 Å². The average Bonchev–Trinajstić information content (AvgIpc) is 3.16. The highest BCUT2D eigenvalue weighted by molar-refractivity contribution is 5.92. The summed E-state index contributed by atoms with van der Waals surface area (Å²) in [6.07, 6.45) is 5.66. The number of aromatic nitrogens is 1. The largest absolute Gasteiger partial charge is 0.396 e. The molecule has 118 valence electrons. The average molecular weight is 296 g/mol. The lowest BCUT2D eigenvalue weighted by Crippen LogP contribution is -2.29. The summed E-state index contributed by atoms with van der Waals surface area (Å²) in [5, 5.41) is 15.4. The summed E-state index contributed by atoms with van der Waals surface area (Å²) < 4.78 is 10.4. The molecule has 0 bridgehead atoms. The van der Waals surface area contributed by atoms with E-state index in [2.05, 4.69) is 10.5 Å². The molecule has 0 radical (unpaired) electrons. The minimum Gasteiger partial charge on any atom is -0.396 e. The molecule has 2 heterocycles. The third-order valence-electron chi connectivity index (χ3n) is 3.70. The molecular formula is C15H24N2O4. The van der Waals surface area contributed by atoms with Gasteiger partial charge in [0.15, 0.2) is 5.69 Å². The van der Waals surface area contributed by atoms with Gasteiger partial charge in [-0.3, -0.25) is 4.79 Å². The lowest BCUT2D eigenvalue weighted by molar-refractivity contribution is 0.0936. The maximum atomic E-state index is 11.9. The topological polar surface area (TPSA) is 84.6 Å². The van der Waals surface area contributed by atoms with Gasteiger partial charge in [0.2, 0.25) is 0 Å². The molecule has 1 atom stereocenters. The van der Waals surface area contributed by atoms with Crippen molar-refractivity contribution in [1.82, 2.24) is 10.5 Å². The maximum Gasteiger partial charge on any atom is 0.273 e. The second-order valence-corrected chi connectivity index (χ2v) is 5.51. The molecule has 1 unspecified atom stereocenters. The Hall–Kier alpha value is -1.40. The van der Waals surface area contributed by atoms with Crippen LogP contribution < -0.4 is 5.32 Å². The van der Waals surface area contributed by atoms with Crippen LogP contribution in [-0.2, 0) is 11.2 Å². The number of aryl methyl sites for hydroxylation is 1. The summed E-state index contributed by atoms with van der Waals surface area (Å²) in [4.78, 5) is 11.9. The summed E-state index contributed by atoms with van der Waals surface area (Å²) in [5.41, 5.74) is 0.347. The minimum atomic E-state index is -0.183. The molecule has 0 aliphatic carbocycles. The summed E-state index contributed by atoms with van der Waals surface area (Å²) >= 11 is 0. The summed E-state index contributed by atoms with van der Waals surface area (Å²) in [5.74, 6) is 0.970. The fourth-order valence-corrected chi connectivity index (χ4v) is 2.37. The van der Waals surface area contributed by atoms with Crippen LogP contribution in [0.5, 0.6) is 0 Å². The molecule has 6 nitrogen and oxygen atoms in total. The van der Waals surface area contributed by atoms with Crippen molar-refractivity contribution in [1.29, 1.82) is 0 Å². The number of hydrogen-bond donors (Lipinski definition) is 2. The van der Waals surface area contributed by atoms with Crippen LogP contribution in [0.15, 0.2) is 10.6 Å². The Balaban J connectivity index is 1.67. The highest BCUT2D eigenvalue weighted by Crippen LogP contribution is 2.12. The number of nitrogens with one attached hydrogen (secondary N) is 1. The SMILES string of the molecule is O=C(NCC1CCOC1)c1cc(CCCCCCO)on1.